The summed E-state index contributed by atoms with van der Waals surface area (Å²) in [6.45, 7) is 3.47. The van der Waals surface area contributed by atoms with E-state index in [4.69, 9.17) is 0 Å². The lowest BCUT2D eigenvalue weighted by molar-refractivity contribution is -0.143. The van der Waals surface area contributed by atoms with Gasteiger partial charge in [0, 0.05) is 46.6 Å². The average Bonchev–Trinajstić information content (AvgIpc) is 2.80. The van der Waals surface area contributed by atoms with Crippen molar-refractivity contribution in [1.82, 2.24) is 23.9 Å². The summed E-state index contributed by atoms with van der Waals surface area (Å²) in [6.07, 6.45) is 4.09. The number of fused-ring (bicyclic) bond motifs is 1. The zero-order valence-corrected chi connectivity index (χ0v) is 18.3. The van der Waals surface area contributed by atoms with E-state index in [2.05, 4.69) is 4.98 Å². The predicted molar refractivity (Wildman–Crippen MR) is 116 cm³/mol. The summed E-state index contributed by atoms with van der Waals surface area (Å²) < 4.78 is 2.46. The number of pyridine rings is 1. The summed E-state index contributed by atoms with van der Waals surface area (Å²) in [5, 5.41) is 0.388. The van der Waals surface area contributed by atoms with Crippen LogP contribution in [0.1, 0.15) is 50.8 Å². The van der Waals surface area contributed by atoms with Crippen LogP contribution in [0.4, 0.5) is 0 Å². The Balaban J connectivity index is 1.64. The molecule has 2 aromatic heterocycles. The Bertz CT molecular complexity index is 1140. The second-order valence-electron chi connectivity index (χ2n) is 8.64. The number of piperidine rings is 2. The lowest BCUT2D eigenvalue weighted by Gasteiger charge is -2.39. The standard InChI is InChI=1S/C22H29N5O4/c1-14(28)26-12-9-15(10-13-26)20(29)27-11-5-4-6-18(27)17-8-7-16-19(23-17)24(2)22(31)25(3)21(16)30/h7-8,15,18H,4-6,9-13H2,1-3H3/t18-/m1/s1. The van der Waals surface area contributed by atoms with Gasteiger partial charge in [0.25, 0.3) is 5.56 Å². The van der Waals surface area contributed by atoms with Gasteiger partial charge in [0.15, 0.2) is 0 Å². The van der Waals surface area contributed by atoms with Crippen LogP contribution in [0.2, 0.25) is 0 Å². The maximum Gasteiger partial charge on any atom is 0.332 e. The van der Waals surface area contributed by atoms with Gasteiger partial charge in [-0.2, -0.15) is 0 Å². The maximum atomic E-state index is 13.4. The van der Waals surface area contributed by atoms with E-state index in [1.807, 2.05) is 11.0 Å². The third-order valence-electron chi connectivity index (χ3n) is 6.74. The van der Waals surface area contributed by atoms with E-state index in [1.165, 1.54) is 11.6 Å². The van der Waals surface area contributed by atoms with Gasteiger partial charge in [-0.3, -0.25) is 23.5 Å². The molecule has 2 amide bonds. The number of hydrogen-bond donors (Lipinski definition) is 0. The third-order valence-corrected chi connectivity index (χ3v) is 6.74. The molecule has 1 atom stereocenters. The highest BCUT2D eigenvalue weighted by molar-refractivity contribution is 5.80. The number of rotatable bonds is 2. The van der Waals surface area contributed by atoms with Crippen molar-refractivity contribution >= 4 is 22.8 Å². The van der Waals surface area contributed by atoms with Crippen molar-refractivity contribution in [3.8, 4) is 0 Å². The van der Waals surface area contributed by atoms with E-state index in [-0.39, 0.29) is 29.3 Å². The minimum atomic E-state index is -0.420. The predicted octanol–water partition coefficient (Wildman–Crippen LogP) is 0.944. The minimum absolute atomic E-state index is 0.0545. The van der Waals surface area contributed by atoms with Gasteiger partial charge in [0.1, 0.15) is 5.65 Å². The summed E-state index contributed by atoms with van der Waals surface area (Å²) in [4.78, 5) is 58.2. The zero-order chi connectivity index (χ0) is 22.3. The molecule has 2 saturated heterocycles. The molecule has 9 nitrogen and oxygen atoms in total. The first kappa shape index (κ1) is 21.3. The lowest BCUT2D eigenvalue weighted by Crippen LogP contribution is -2.46. The van der Waals surface area contributed by atoms with Crippen LogP contribution in [0.15, 0.2) is 21.7 Å². The van der Waals surface area contributed by atoms with Crippen LogP contribution in [0.5, 0.6) is 0 Å². The van der Waals surface area contributed by atoms with Crippen molar-refractivity contribution in [3.63, 3.8) is 0 Å². The third kappa shape index (κ3) is 3.77. The molecule has 0 radical (unpaired) electrons. The van der Waals surface area contributed by atoms with E-state index in [0.717, 1.165) is 23.8 Å². The van der Waals surface area contributed by atoms with Gasteiger partial charge >= 0.3 is 5.69 Å². The minimum Gasteiger partial charge on any atom is -0.343 e. The highest BCUT2D eigenvalue weighted by Crippen LogP contribution is 2.33. The zero-order valence-electron chi connectivity index (χ0n) is 18.3. The van der Waals surface area contributed by atoms with Crippen molar-refractivity contribution in [3.05, 3.63) is 38.7 Å². The molecule has 0 N–H and O–H groups in total. The summed E-state index contributed by atoms with van der Waals surface area (Å²) in [5.41, 5.74) is 0.269. The van der Waals surface area contributed by atoms with Gasteiger partial charge in [-0.05, 0) is 44.2 Å². The van der Waals surface area contributed by atoms with Crippen LogP contribution in [0.3, 0.4) is 0 Å². The molecule has 0 saturated carbocycles. The molecule has 31 heavy (non-hydrogen) atoms. The van der Waals surface area contributed by atoms with Crippen molar-refractivity contribution in [2.24, 2.45) is 20.0 Å². The molecule has 9 heteroatoms. The normalized spacial score (nSPS) is 20.3. The second-order valence-corrected chi connectivity index (χ2v) is 8.64. The number of amides is 2. The number of carbonyl (C=O) groups excluding carboxylic acids is 2. The number of aryl methyl sites for hydroxylation is 1. The first-order valence-corrected chi connectivity index (χ1v) is 10.9. The van der Waals surface area contributed by atoms with Crippen LogP contribution in [0.25, 0.3) is 11.0 Å². The molecule has 0 aliphatic carbocycles. The highest BCUT2D eigenvalue weighted by Gasteiger charge is 2.35. The Labute approximate surface area is 180 Å². The molecule has 2 fully saturated rings. The Morgan fingerprint density at radius 3 is 2.35 bits per heavy atom. The van der Waals surface area contributed by atoms with Crippen molar-refractivity contribution in [1.29, 1.82) is 0 Å². The van der Waals surface area contributed by atoms with Gasteiger partial charge in [0.2, 0.25) is 11.8 Å². The molecular formula is C22H29N5O4. The Kier molecular flexibility index (Phi) is 5.68. The van der Waals surface area contributed by atoms with E-state index in [0.29, 0.717) is 49.2 Å². The summed E-state index contributed by atoms with van der Waals surface area (Å²) >= 11 is 0. The lowest BCUT2D eigenvalue weighted by atomic mass is 9.91. The number of nitrogens with zero attached hydrogens (tertiary/aromatic N) is 5. The molecule has 0 spiro atoms. The monoisotopic (exact) mass is 427 g/mol. The molecule has 2 aliphatic heterocycles. The van der Waals surface area contributed by atoms with Crippen LogP contribution < -0.4 is 11.2 Å². The summed E-state index contributed by atoms with van der Waals surface area (Å²) in [7, 11) is 3.06. The van der Waals surface area contributed by atoms with Gasteiger partial charge in [0.05, 0.1) is 17.1 Å². The second kappa shape index (κ2) is 8.28. The molecule has 4 rings (SSSR count). The number of aromatic nitrogens is 3. The van der Waals surface area contributed by atoms with Crippen molar-refractivity contribution in [2.45, 2.75) is 45.1 Å². The first-order valence-electron chi connectivity index (χ1n) is 10.9. The molecular weight excluding hydrogens is 398 g/mol. The quantitative estimate of drug-likeness (QED) is 0.711. The van der Waals surface area contributed by atoms with Gasteiger partial charge < -0.3 is 9.80 Å². The van der Waals surface area contributed by atoms with Crippen molar-refractivity contribution < 1.29 is 9.59 Å². The summed E-state index contributed by atoms with van der Waals surface area (Å²) in [5.74, 6) is 0.0832. The number of carbonyl (C=O) groups is 2. The van der Waals surface area contributed by atoms with E-state index >= 15 is 0 Å². The smallest absolute Gasteiger partial charge is 0.332 e. The molecule has 0 aromatic carbocycles. The highest BCUT2D eigenvalue weighted by atomic mass is 16.2. The number of likely N-dealkylation sites (tertiary alicyclic amines) is 2. The largest absolute Gasteiger partial charge is 0.343 e. The van der Waals surface area contributed by atoms with E-state index < -0.39 is 5.69 Å². The molecule has 166 valence electrons. The van der Waals surface area contributed by atoms with Gasteiger partial charge in [-0.25, -0.2) is 9.78 Å². The Morgan fingerprint density at radius 2 is 1.68 bits per heavy atom. The van der Waals surface area contributed by atoms with Crippen LogP contribution in [-0.2, 0) is 23.7 Å². The molecule has 0 unspecified atom stereocenters. The fourth-order valence-corrected chi connectivity index (χ4v) is 4.83. The maximum absolute atomic E-state index is 13.4. The van der Waals surface area contributed by atoms with E-state index in [1.54, 1.807) is 24.9 Å². The SMILES string of the molecule is CC(=O)N1CCC(C(=O)N2CCCC[C@@H]2c2ccc3c(=O)n(C)c(=O)n(C)c3n2)CC1. The molecule has 2 aromatic rings. The fourth-order valence-electron chi connectivity index (χ4n) is 4.83. The summed E-state index contributed by atoms with van der Waals surface area (Å²) in [6, 6.07) is 3.35. The molecule has 2 aliphatic rings. The topological polar surface area (TPSA) is 97.5 Å². The fraction of sp³-hybridized carbons (Fsp3) is 0.591. The molecule has 4 heterocycles. The van der Waals surface area contributed by atoms with Crippen molar-refractivity contribution in [2.75, 3.05) is 19.6 Å². The van der Waals surface area contributed by atoms with Crippen LogP contribution in [0, 0.1) is 5.92 Å². The van der Waals surface area contributed by atoms with E-state index in [9.17, 15) is 19.2 Å². The Hall–Kier alpha value is -2.97. The number of hydrogen-bond acceptors (Lipinski definition) is 5. The average molecular weight is 428 g/mol. The Morgan fingerprint density at radius 1 is 0.968 bits per heavy atom. The van der Waals surface area contributed by atoms with Crippen LogP contribution in [-0.4, -0.2) is 55.4 Å². The van der Waals surface area contributed by atoms with Gasteiger partial charge in [-0.15, -0.1) is 0 Å². The van der Waals surface area contributed by atoms with Gasteiger partial charge in [-0.1, -0.05) is 0 Å². The first-order chi connectivity index (χ1) is 14.8. The molecule has 0 bridgehead atoms. The van der Waals surface area contributed by atoms with Crippen LogP contribution >= 0.6 is 0 Å².